The first-order valence-electron chi connectivity index (χ1n) is 7.62. The van der Waals surface area contributed by atoms with Crippen molar-refractivity contribution >= 4 is 16.9 Å². The number of aromatic nitrogens is 1. The lowest BCUT2D eigenvalue weighted by Crippen LogP contribution is -2.05. The SMILES string of the molecule is [N-]=[N+]=NCOCCCCn1ccc2c(C(=O)OCN=[N+]=[N-])cccc21. The second-order valence-electron chi connectivity index (χ2n) is 5.01. The van der Waals surface area contributed by atoms with E-state index in [1.54, 1.807) is 12.1 Å². The molecule has 0 radical (unpaired) electrons. The molecule has 0 aliphatic rings. The van der Waals surface area contributed by atoms with Crippen LogP contribution >= 0.6 is 0 Å². The van der Waals surface area contributed by atoms with Gasteiger partial charge in [-0.25, -0.2) is 4.79 Å². The number of rotatable bonds is 10. The van der Waals surface area contributed by atoms with Crippen molar-refractivity contribution in [1.29, 1.82) is 0 Å². The van der Waals surface area contributed by atoms with Gasteiger partial charge in [0.1, 0.15) is 6.73 Å². The number of benzene rings is 1. The van der Waals surface area contributed by atoms with E-state index >= 15 is 0 Å². The highest BCUT2D eigenvalue weighted by Crippen LogP contribution is 2.21. The van der Waals surface area contributed by atoms with Gasteiger partial charge in [-0.05, 0) is 42.1 Å². The van der Waals surface area contributed by atoms with Crippen molar-refractivity contribution in [3.05, 3.63) is 56.9 Å². The van der Waals surface area contributed by atoms with Crippen LogP contribution in [-0.4, -0.2) is 30.6 Å². The number of hydrogen-bond acceptors (Lipinski definition) is 5. The van der Waals surface area contributed by atoms with Crippen molar-refractivity contribution in [2.24, 2.45) is 10.2 Å². The van der Waals surface area contributed by atoms with E-state index in [1.165, 1.54) is 0 Å². The van der Waals surface area contributed by atoms with Crippen molar-refractivity contribution in [1.82, 2.24) is 4.57 Å². The van der Waals surface area contributed by atoms with E-state index < -0.39 is 5.97 Å². The van der Waals surface area contributed by atoms with Crippen LogP contribution in [0.2, 0.25) is 0 Å². The molecule has 2 aromatic rings. The molecular formula is C15H17N7O3. The molecule has 1 aromatic carbocycles. The fraction of sp³-hybridized carbons (Fsp3) is 0.400. The number of nitrogens with zero attached hydrogens (tertiary/aromatic N) is 7. The molecule has 10 heteroatoms. The van der Waals surface area contributed by atoms with Crippen LogP contribution in [0, 0.1) is 0 Å². The minimum absolute atomic E-state index is 0.0459. The molecule has 25 heavy (non-hydrogen) atoms. The van der Waals surface area contributed by atoms with Gasteiger partial charge in [0.15, 0.2) is 6.73 Å². The summed E-state index contributed by atoms with van der Waals surface area (Å²) in [6.07, 6.45) is 3.62. The largest absolute Gasteiger partial charge is 0.456 e. The fourth-order valence-corrected chi connectivity index (χ4v) is 2.40. The van der Waals surface area contributed by atoms with Crippen LogP contribution < -0.4 is 0 Å². The summed E-state index contributed by atoms with van der Waals surface area (Å²) >= 11 is 0. The van der Waals surface area contributed by atoms with Gasteiger partial charge in [0.2, 0.25) is 0 Å². The first-order valence-corrected chi connectivity index (χ1v) is 7.62. The predicted octanol–water partition coefficient (Wildman–Crippen LogP) is 4.13. The van der Waals surface area contributed by atoms with E-state index in [-0.39, 0.29) is 13.5 Å². The van der Waals surface area contributed by atoms with Crippen LogP contribution in [-0.2, 0) is 16.0 Å². The molecular weight excluding hydrogens is 326 g/mol. The van der Waals surface area contributed by atoms with E-state index in [2.05, 4.69) is 20.1 Å². The number of azide groups is 2. The second-order valence-corrected chi connectivity index (χ2v) is 5.01. The van der Waals surface area contributed by atoms with Crippen molar-refractivity contribution in [3.63, 3.8) is 0 Å². The predicted molar refractivity (Wildman–Crippen MR) is 90.6 cm³/mol. The summed E-state index contributed by atoms with van der Waals surface area (Å²) in [5, 5.41) is 7.27. The molecule has 0 atom stereocenters. The third kappa shape index (κ3) is 5.15. The number of aryl methyl sites for hydroxylation is 1. The molecule has 0 aliphatic carbocycles. The summed E-state index contributed by atoms with van der Waals surface area (Å²) in [7, 11) is 0. The number of hydrogen-bond donors (Lipinski definition) is 0. The number of esters is 1. The van der Waals surface area contributed by atoms with Gasteiger partial charge in [-0.3, -0.25) is 0 Å². The molecule has 0 unspecified atom stereocenters. The van der Waals surface area contributed by atoms with Crippen molar-refractivity contribution in [2.75, 3.05) is 20.1 Å². The molecule has 130 valence electrons. The monoisotopic (exact) mass is 343 g/mol. The quantitative estimate of drug-likeness (QED) is 0.211. The standard InChI is InChI=1S/C15H17N7O3/c16-20-18-10-24-9-2-1-7-22-8-6-12-13(4-3-5-14(12)22)15(23)25-11-19-21-17/h3-6,8H,1-2,7,9-11H2. The second kappa shape index (κ2) is 9.84. The molecule has 0 N–H and O–H groups in total. The molecule has 0 amide bonds. The lowest BCUT2D eigenvalue weighted by molar-refractivity contribution is 0.0518. The minimum Gasteiger partial charge on any atom is -0.456 e. The van der Waals surface area contributed by atoms with Crippen molar-refractivity contribution in [3.8, 4) is 0 Å². The average molecular weight is 343 g/mol. The van der Waals surface area contributed by atoms with Gasteiger partial charge < -0.3 is 14.0 Å². The summed E-state index contributed by atoms with van der Waals surface area (Å²) in [5.74, 6) is -0.526. The van der Waals surface area contributed by atoms with Crippen molar-refractivity contribution in [2.45, 2.75) is 19.4 Å². The Morgan fingerprint density at radius 1 is 1.12 bits per heavy atom. The Kier molecular flexibility index (Phi) is 7.14. The summed E-state index contributed by atoms with van der Waals surface area (Å²) in [6.45, 7) is 1.01. The number of ether oxygens (including phenoxy) is 2. The summed E-state index contributed by atoms with van der Waals surface area (Å²) < 4.78 is 12.1. The molecule has 0 saturated carbocycles. The van der Waals surface area contributed by atoms with Crippen LogP contribution in [0.1, 0.15) is 23.2 Å². The zero-order valence-corrected chi connectivity index (χ0v) is 13.5. The maximum absolute atomic E-state index is 12.1. The first kappa shape index (κ1) is 18.2. The van der Waals surface area contributed by atoms with Gasteiger partial charge in [0.05, 0.1) is 5.56 Å². The summed E-state index contributed by atoms with van der Waals surface area (Å²) in [5.41, 5.74) is 17.7. The zero-order valence-electron chi connectivity index (χ0n) is 13.5. The normalized spacial score (nSPS) is 10.1. The number of fused-ring (bicyclic) bond motifs is 1. The molecule has 0 aliphatic heterocycles. The molecule has 0 saturated heterocycles. The van der Waals surface area contributed by atoms with E-state index in [0.29, 0.717) is 12.2 Å². The fourth-order valence-electron chi connectivity index (χ4n) is 2.40. The highest BCUT2D eigenvalue weighted by atomic mass is 16.5. The Bertz CT molecular complexity index is 820. The summed E-state index contributed by atoms with van der Waals surface area (Å²) in [4.78, 5) is 17.2. The van der Waals surface area contributed by atoms with Gasteiger partial charge in [-0.2, -0.15) is 0 Å². The summed E-state index contributed by atoms with van der Waals surface area (Å²) in [6, 6.07) is 7.25. The molecule has 1 aromatic heterocycles. The van der Waals surface area contributed by atoms with Gasteiger partial charge in [0, 0.05) is 40.1 Å². The molecule has 0 spiro atoms. The van der Waals surface area contributed by atoms with E-state index in [9.17, 15) is 4.79 Å². The average Bonchev–Trinajstić information content (AvgIpc) is 3.04. The maximum atomic E-state index is 12.1. The number of carbonyl (C=O) groups is 1. The third-order valence-electron chi connectivity index (χ3n) is 3.50. The van der Waals surface area contributed by atoms with Crippen LogP contribution in [0.4, 0.5) is 0 Å². The van der Waals surface area contributed by atoms with Gasteiger partial charge >= 0.3 is 5.97 Å². The van der Waals surface area contributed by atoms with Gasteiger partial charge in [-0.15, -0.1) is 0 Å². The smallest absolute Gasteiger partial charge is 0.338 e. The van der Waals surface area contributed by atoms with Crippen LogP contribution in [0.15, 0.2) is 40.7 Å². The number of unbranched alkanes of at least 4 members (excludes halogenated alkanes) is 1. The highest BCUT2D eigenvalue weighted by molar-refractivity contribution is 6.03. The Morgan fingerprint density at radius 3 is 2.72 bits per heavy atom. The van der Waals surface area contributed by atoms with E-state index in [0.717, 1.165) is 30.3 Å². The molecule has 0 bridgehead atoms. The Balaban J connectivity index is 1.96. The molecule has 2 rings (SSSR count). The first-order chi connectivity index (χ1) is 12.3. The van der Waals surface area contributed by atoms with Crippen LogP contribution in [0.3, 0.4) is 0 Å². The topological polar surface area (TPSA) is 138 Å². The number of carbonyl (C=O) groups excluding carboxylic acids is 1. The Labute approximate surface area is 143 Å². The zero-order chi connectivity index (χ0) is 17.9. The molecule has 1 heterocycles. The van der Waals surface area contributed by atoms with Crippen LogP contribution in [0.5, 0.6) is 0 Å². The molecule has 10 nitrogen and oxygen atoms in total. The lowest BCUT2D eigenvalue weighted by Gasteiger charge is -2.07. The minimum atomic E-state index is -0.526. The lowest BCUT2D eigenvalue weighted by atomic mass is 10.1. The maximum Gasteiger partial charge on any atom is 0.338 e. The van der Waals surface area contributed by atoms with Crippen LogP contribution in [0.25, 0.3) is 31.8 Å². The Morgan fingerprint density at radius 2 is 1.92 bits per heavy atom. The van der Waals surface area contributed by atoms with Gasteiger partial charge in [0.25, 0.3) is 0 Å². The van der Waals surface area contributed by atoms with Gasteiger partial charge in [-0.1, -0.05) is 16.3 Å². The highest BCUT2D eigenvalue weighted by Gasteiger charge is 2.13. The van der Waals surface area contributed by atoms with E-state index in [1.807, 2.05) is 22.9 Å². The van der Waals surface area contributed by atoms with Crippen molar-refractivity contribution < 1.29 is 14.3 Å². The molecule has 0 fully saturated rings. The third-order valence-corrected chi connectivity index (χ3v) is 3.50. The van der Waals surface area contributed by atoms with E-state index in [4.69, 9.17) is 20.5 Å². The Hall–Kier alpha value is -3.19.